The van der Waals surface area contributed by atoms with Gasteiger partial charge in [-0.05, 0) is 18.6 Å². The number of hydrogen-bond acceptors (Lipinski definition) is 3. The molecule has 1 aromatic heterocycles. The predicted molar refractivity (Wildman–Crippen MR) is 47.5 cm³/mol. The van der Waals surface area contributed by atoms with Crippen LogP contribution in [0.15, 0.2) is 24.5 Å². The van der Waals surface area contributed by atoms with Crippen molar-refractivity contribution in [1.82, 2.24) is 4.98 Å². The molecule has 0 aromatic carbocycles. The van der Waals surface area contributed by atoms with Crippen molar-refractivity contribution in [3.05, 3.63) is 30.1 Å². The van der Waals surface area contributed by atoms with E-state index >= 15 is 0 Å². The van der Waals surface area contributed by atoms with E-state index < -0.39 is 0 Å². The molecule has 1 aromatic rings. The van der Waals surface area contributed by atoms with Gasteiger partial charge in [-0.1, -0.05) is 0 Å². The van der Waals surface area contributed by atoms with E-state index in [0.717, 1.165) is 12.0 Å². The third-order valence-electron chi connectivity index (χ3n) is 2.27. The van der Waals surface area contributed by atoms with Gasteiger partial charge in [-0.3, -0.25) is 9.78 Å². The Bertz CT molecular complexity index is 291. The van der Waals surface area contributed by atoms with E-state index in [2.05, 4.69) is 4.98 Å². The zero-order chi connectivity index (χ0) is 9.10. The van der Waals surface area contributed by atoms with E-state index in [1.54, 1.807) is 24.5 Å². The topological polar surface area (TPSA) is 39.2 Å². The van der Waals surface area contributed by atoms with Crippen LogP contribution >= 0.6 is 0 Å². The van der Waals surface area contributed by atoms with Crippen LogP contribution in [-0.4, -0.2) is 24.0 Å². The highest BCUT2D eigenvalue weighted by Crippen LogP contribution is 2.17. The Kier molecular flexibility index (Phi) is 2.36. The zero-order valence-corrected chi connectivity index (χ0v) is 7.27. The molecule has 3 heteroatoms. The fourth-order valence-electron chi connectivity index (χ4n) is 1.49. The minimum absolute atomic E-state index is 0.0578. The quantitative estimate of drug-likeness (QED) is 0.639. The van der Waals surface area contributed by atoms with Crippen molar-refractivity contribution in [2.75, 3.05) is 13.2 Å². The summed E-state index contributed by atoms with van der Waals surface area (Å²) in [6.45, 7) is 1.28. The molecule has 1 unspecified atom stereocenters. The highest BCUT2D eigenvalue weighted by atomic mass is 16.5. The number of aromatic nitrogens is 1. The molecule has 68 valence electrons. The molecular formula is C10H11NO2. The first-order valence-electron chi connectivity index (χ1n) is 4.40. The van der Waals surface area contributed by atoms with Crippen LogP contribution < -0.4 is 0 Å². The van der Waals surface area contributed by atoms with Crippen molar-refractivity contribution in [1.29, 1.82) is 0 Å². The van der Waals surface area contributed by atoms with Gasteiger partial charge in [0.25, 0.3) is 0 Å². The number of ether oxygens (including phenoxy) is 1. The smallest absolute Gasteiger partial charge is 0.168 e. The van der Waals surface area contributed by atoms with Gasteiger partial charge in [-0.2, -0.15) is 0 Å². The number of hydrogen-bond donors (Lipinski definition) is 0. The molecule has 3 nitrogen and oxygen atoms in total. The molecule has 13 heavy (non-hydrogen) atoms. The van der Waals surface area contributed by atoms with Crippen molar-refractivity contribution >= 4 is 5.78 Å². The number of pyridine rings is 1. The van der Waals surface area contributed by atoms with Gasteiger partial charge < -0.3 is 4.74 Å². The Labute approximate surface area is 76.7 Å². The van der Waals surface area contributed by atoms with Crippen LogP contribution in [0.4, 0.5) is 0 Å². The van der Waals surface area contributed by atoms with Gasteiger partial charge >= 0.3 is 0 Å². The molecular weight excluding hydrogens is 166 g/mol. The fraction of sp³-hybridized carbons (Fsp3) is 0.400. The normalized spacial score (nSPS) is 21.7. The molecule has 1 aliphatic heterocycles. The Balaban J connectivity index is 2.13. The first-order valence-corrected chi connectivity index (χ1v) is 4.40. The lowest BCUT2D eigenvalue weighted by Gasteiger charge is -2.04. The molecule has 2 rings (SSSR count). The maximum absolute atomic E-state index is 11.7. The molecule has 0 aliphatic carbocycles. The second-order valence-corrected chi connectivity index (χ2v) is 3.16. The van der Waals surface area contributed by atoms with Gasteiger partial charge in [0, 0.05) is 30.5 Å². The minimum Gasteiger partial charge on any atom is -0.381 e. The van der Waals surface area contributed by atoms with Gasteiger partial charge in [-0.25, -0.2) is 0 Å². The van der Waals surface area contributed by atoms with Gasteiger partial charge in [0.2, 0.25) is 0 Å². The second-order valence-electron chi connectivity index (χ2n) is 3.16. The number of nitrogens with zero attached hydrogens (tertiary/aromatic N) is 1. The third-order valence-corrected chi connectivity index (χ3v) is 2.27. The molecule has 1 saturated heterocycles. The van der Waals surface area contributed by atoms with Crippen LogP contribution in [0.25, 0.3) is 0 Å². The largest absolute Gasteiger partial charge is 0.381 e. The summed E-state index contributed by atoms with van der Waals surface area (Å²) in [5, 5.41) is 0. The molecule has 0 spiro atoms. The summed E-state index contributed by atoms with van der Waals surface area (Å²) < 4.78 is 5.16. The Morgan fingerprint density at radius 3 is 2.85 bits per heavy atom. The number of Topliss-reactive ketones (excluding diaryl/α,β-unsaturated/α-hetero) is 1. The predicted octanol–water partition coefficient (Wildman–Crippen LogP) is 1.30. The minimum atomic E-state index is 0.0578. The molecule has 0 N–H and O–H groups in total. The summed E-state index contributed by atoms with van der Waals surface area (Å²) in [6.07, 6.45) is 4.13. The van der Waals surface area contributed by atoms with Crippen molar-refractivity contribution in [3.63, 3.8) is 0 Å². The average Bonchev–Trinajstić information content (AvgIpc) is 2.71. The van der Waals surface area contributed by atoms with Crippen LogP contribution in [0.5, 0.6) is 0 Å². The molecule has 2 heterocycles. The lowest BCUT2D eigenvalue weighted by Crippen LogP contribution is -2.14. The average molecular weight is 177 g/mol. The highest BCUT2D eigenvalue weighted by Gasteiger charge is 2.24. The molecule has 0 radical (unpaired) electrons. The van der Waals surface area contributed by atoms with Crippen LogP contribution in [0.3, 0.4) is 0 Å². The maximum Gasteiger partial charge on any atom is 0.168 e. The lowest BCUT2D eigenvalue weighted by molar-refractivity contribution is 0.0900. The lowest BCUT2D eigenvalue weighted by atomic mass is 9.98. The first-order chi connectivity index (χ1) is 6.38. The fourth-order valence-corrected chi connectivity index (χ4v) is 1.49. The summed E-state index contributed by atoms with van der Waals surface area (Å²) in [6, 6.07) is 3.50. The summed E-state index contributed by atoms with van der Waals surface area (Å²) >= 11 is 0. The number of rotatable bonds is 2. The van der Waals surface area contributed by atoms with E-state index in [-0.39, 0.29) is 11.7 Å². The zero-order valence-electron chi connectivity index (χ0n) is 7.27. The molecule has 0 amide bonds. The van der Waals surface area contributed by atoms with Crippen LogP contribution in [0.1, 0.15) is 16.8 Å². The van der Waals surface area contributed by atoms with Gasteiger partial charge in [-0.15, -0.1) is 0 Å². The van der Waals surface area contributed by atoms with Gasteiger partial charge in [0.1, 0.15) is 0 Å². The van der Waals surface area contributed by atoms with Crippen LogP contribution in [-0.2, 0) is 4.74 Å². The van der Waals surface area contributed by atoms with Crippen molar-refractivity contribution < 1.29 is 9.53 Å². The number of carbonyl (C=O) groups is 1. The second kappa shape index (κ2) is 3.66. The molecule has 1 atom stereocenters. The summed E-state index contributed by atoms with van der Waals surface area (Å²) in [5.41, 5.74) is 0.741. The molecule has 1 aliphatic rings. The first kappa shape index (κ1) is 8.38. The van der Waals surface area contributed by atoms with Gasteiger partial charge in [0.05, 0.1) is 6.61 Å². The van der Waals surface area contributed by atoms with Crippen LogP contribution in [0, 0.1) is 5.92 Å². The summed E-state index contributed by atoms with van der Waals surface area (Å²) in [5.74, 6) is 0.238. The van der Waals surface area contributed by atoms with E-state index in [1.807, 2.05) is 0 Å². The van der Waals surface area contributed by atoms with Crippen molar-refractivity contribution in [2.45, 2.75) is 6.42 Å². The SMILES string of the molecule is O=C(c1ccncc1)C1CCOC1. The number of ketones is 1. The van der Waals surface area contributed by atoms with Gasteiger partial charge in [0.15, 0.2) is 5.78 Å². The van der Waals surface area contributed by atoms with Crippen molar-refractivity contribution in [2.24, 2.45) is 5.92 Å². The van der Waals surface area contributed by atoms with E-state index in [9.17, 15) is 4.79 Å². The van der Waals surface area contributed by atoms with Crippen LogP contribution in [0.2, 0.25) is 0 Å². The summed E-state index contributed by atoms with van der Waals surface area (Å²) in [4.78, 5) is 15.6. The monoisotopic (exact) mass is 177 g/mol. The Morgan fingerprint density at radius 2 is 2.23 bits per heavy atom. The molecule has 0 bridgehead atoms. The highest BCUT2D eigenvalue weighted by molar-refractivity contribution is 5.97. The molecule has 0 saturated carbocycles. The maximum atomic E-state index is 11.7. The number of carbonyl (C=O) groups excluding carboxylic acids is 1. The van der Waals surface area contributed by atoms with E-state index in [0.29, 0.717) is 13.2 Å². The third kappa shape index (κ3) is 1.75. The van der Waals surface area contributed by atoms with E-state index in [4.69, 9.17) is 4.74 Å². The van der Waals surface area contributed by atoms with E-state index in [1.165, 1.54) is 0 Å². The summed E-state index contributed by atoms with van der Waals surface area (Å²) in [7, 11) is 0. The molecule has 1 fully saturated rings. The van der Waals surface area contributed by atoms with Crippen molar-refractivity contribution in [3.8, 4) is 0 Å². The standard InChI is InChI=1S/C10H11NO2/c12-10(9-3-6-13-7-9)8-1-4-11-5-2-8/h1-2,4-5,9H,3,6-7H2. The Hall–Kier alpha value is -1.22. The Morgan fingerprint density at radius 1 is 1.46 bits per heavy atom.